The van der Waals surface area contributed by atoms with Crippen molar-refractivity contribution >= 4 is 28.5 Å². The SMILES string of the molecule is CN1C(=O)[C@@H](NC(=O)c2n[nH]c(Cc3c(F)cccc3F)n2)COc2cc3[nH]nnc3cc21. The molecule has 0 saturated carbocycles. The van der Waals surface area contributed by atoms with E-state index in [0.29, 0.717) is 22.5 Å². The molecule has 4 aromatic rings. The van der Waals surface area contributed by atoms with Crippen molar-refractivity contribution in [2.24, 2.45) is 0 Å². The highest BCUT2D eigenvalue weighted by Gasteiger charge is 2.32. The van der Waals surface area contributed by atoms with Gasteiger partial charge >= 0.3 is 0 Å². The van der Waals surface area contributed by atoms with Crippen molar-refractivity contribution in [1.29, 1.82) is 0 Å². The minimum Gasteiger partial charge on any atom is -0.489 e. The largest absolute Gasteiger partial charge is 0.489 e. The first kappa shape index (κ1) is 20.5. The molecule has 0 spiro atoms. The van der Waals surface area contributed by atoms with Crippen molar-refractivity contribution in [1.82, 2.24) is 35.9 Å². The second-order valence-electron chi connectivity index (χ2n) is 7.37. The number of fused-ring (bicyclic) bond motifs is 2. The Bertz CT molecular complexity index is 1360. The van der Waals surface area contributed by atoms with Crippen LogP contribution in [0.4, 0.5) is 14.5 Å². The van der Waals surface area contributed by atoms with E-state index in [1.807, 2.05) is 0 Å². The van der Waals surface area contributed by atoms with Gasteiger partial charge < -0.3 is 15.0 Å². The van der Waals surface area contributed by atoms with Gasteiger partial charge in [0.05, 0.1) is 11.2 Å². The summed E-state index contributed by atoms with van der Waals surface area (Å²) in [5, 5.41) is 19.2. The molecule has 0 unspecified atom stereocenters. The summed E-state index contributed by atoms with van der Waals surface area (Å²) in [7, 11) is 1.55. The number of aromatic nitrogens is 6. The molecule has 2 aromatic heterocycles. The van der Waals surface area contributed by atoms with E-state index in [1.54, 1.807) is 19.2 Å². The Kier molecular flexibility index (Phi) is 4.92. The van der Waals surface area contributed by atoms with Gasteiger partial charge in [-0.3, -0.25) is 19.8 Å². The van der Waals surface area contributed by atoms with Gasteiger partial charge in [-0.05, 0) is 18.2 Å². The fourth-order valence-electron chi connectivity index (χ4n) is 3.51. The number of halogens is 2. The third-order valence-corrected chi connectivity index (χ3v) is 5.25. The summed E-state index contributed by atoms with van der Waals surface area (Å²) in [4.78, 5) is 30.9. The van der Waals surface area contributed by atoms with Gasteiger partial charge in [-0.15, -0.1) is 10.2 Å². The Morgan fingerprint density at radius 3 is 2.85 bits per heavy atom. The van der Waals surface area contributed by atoms with Crippen LogP contribution < -0.4 is 15.0 Å². The van der Waals surface area contributed by atoms with Crippen LogP contribution >= 0.6 is 0 Å². The maximum atomic E-state index is 13.9. The number of carbonyl (C=O) groups is 2. The first-order chi connectivity index (χ1) is 15.9. The molecule has 2 aromatic carbocycles. The Morgan fingerprint density at radius 2 is 2.06 bits per heavy atom. The zero-order valence-corrected chi connectivity index (χ0v) is 17.1. The number of carbonyl (C=O) groups excluding carboxylic acids is 2. The molecule has 168 valence electrons. The number of nitrogens with zero attached hydrogens (tertiary/aromatic N) is 5. The molecule has 13 heteroatoms. The molecular weight excluding hydrogens is 438 g/mol. The molecule has 3 heterocycles. The predicted octanol–water partition coefficient (Wildman–Crippen LogP) is 1.10. The van der Waals surface area contributed by atoms with E-state index < -0.39 is 29.5 Å². The van der Waals surface area contributed by atoms with E-state index in [4.69, 9.17) is 4.74 Å². The summed E-state index contributed by atoms with van der Waals surface area (Å²) in [5.74, 6) is -2.39. The lowest BCUT2D eigenvalue weighted by Crippen LogP contribution is -2.49. The average Bonchev–Trinajstić information content (AvgIpc) is 3.44. The second kappa shape index (κ2) is 7.93. The monoisotopic (exact) mass is 454 g/mol. The van der Waals surface area contributed by atoms with Crippen LogP contribution in [0.2, 0.25) is 0 Å². The topological polar surface area (TPSA) is 142 Å². The van der Waals surface area contributed by atoms with Crippen LogP contribution in [0.3, 0.4) is 0 Å². The van der Waals surface area contributed by atoms with E-state index in [0.717, 1.165) is 12.1 Å². The third kappa shape index (κ3) is 3.73. The van der Waals surface area contributed by atoms with Gasteiger partial charge in [-0.2, -0.15) is 0 Å². The van der Waals surface area contributed by atoms with Gasteiger partial charge in [0.1, 0.15) is 41.4 Å². The molecular formula is C20H16F2N8O3. The van der Waals surface area contributed by atoms with E-state index in [1.165, 1.54) is 11.0 Å². The minimum atomic E-state index is -1.02. The number of anilines is 1. The summed E-state index contributed by atoms with van der Waals surface area (Å²) < 4.78 is 33.5. The maximum absolute atomic E-state index is 13.9. The highest BCUT2D eigenvalue weighted by atomic mass is 19.1. The minimum absolute atomic E-state index is 0.0910. The van der Waals surface area contributed by atoms with Gasteiger partial charge in [0.15, 0.2) is 0 Å². The van der Waals surface area contributed by atoms with E-state index in [2.05, 4.69) is 35.9 Å². The number of H-pyrrole nitrogens is 2. The van der Waals surface area contributed by atoms with Crippen LogP contribution in [-0.4, -0.2) is 62.1 Å². The van der Waals surface area contributed by atoms with E-state index in [-0.39, 0.29) is 30.2 Å². The van der Waals surface area contributed by atoms with Gasteiger partial charge in [-0.25, -0.2) is 13.8 Å². The summed E-state index contributed by atoms with van der Waals surface area (Å²) in [5.41, 5.74) is 1.47. The molecule has 2 amide bonds. The van der Waals surface area contributed by atoms with E-state index >= 15 is 0 Å². The van der Waals surface area contributed by atoms with Gasteiger partial charge in [0.25, 0.3) is 11.8 Å². The van der Waals surface area contributed by atoms with Crippen molar-refractivity contribution in [2.45, 2.75) is 12.5 Å². The number of ether oxygens (including phenoxy) is 1. The van der Waals surface area contributed by atoms with E-state index in [9.17, 15) is 18.4 Å². The predicted molar refractivity (Wildman–Crippen MR) is 110 cm³/mol. The molecule has 1 aliphatic rings. The van der Waals surface area contributed by atoms with Crippen molar-refractivity contribution in [3.63, 3.8) is 0 Å². The van der Waals surface area contributed by atoms with Gasteiger partial charge in [0.2, 0.25) is 5.82 Å². The number of rotatable bonds is 4. The lowest BCUT2D eigenvalue weighted by Gasteiger charge is -2.19. The quantitative estimate of drug-likeness (QED) is 0.419. The summed E-state index contributed by atoms with van der Waals surface area (Å²) in [6.45, 7) is -0.132. The Morgan fingerprint density at radius 1 is 1.27 bits per heavy atom. The lowest BCUT2D eigenvalue weighted by atomic mass is 10.1. The van der Waals surface area contributed by atoms with Crippen LogP contribution in [0.15, 0.2) is 30.3 Å². The zero-order chi connectivity index (χ0) is 23.1. The van der Waals surface area contributed by atoms with Crippen molar-refractivity contribution < 1.29 is 23.1 Å². The molecule has 0 radical (unpaired) electrons. The molecule has 0 bridgehead atoms. The molecule has 11 nitrogen and oxygen atoms in total. The standard InChI is InChI=1S/C20H16F2N8O3/c1-30-15-6-12-13(26-29-25-12)7-16(15)33-8-14(20(30)32)23-19(31)18-24-17(27-28-18)5-9-10(21)3-2-4-11(9)22/h2-4,6-7,14H,5,8H2,1H3,(H,23,31)(H,24,27,28)(H,25,26,29)/t14-/m0/s1. The maximum Gasteiger partial charge on any atom is 0.291 e. The number of aromatic amines is 2. The normalized spacial score (nSPS) is 15.8. The van der Waals surface area contributed by atoms with Gasteiger partial charge in [0, 0.05) is 25.1 Å². The number of amides is 2. The van der Waals surface area contributed by atoms with Crippen LogP contribution in [0.25, 0.3) is 11.0 Å². The van der Waals surface area contributed by atoms with Crippen LogP contribution in [0, 0.1) is 11.6 Å². The Balaban J connectivity index is 1.31. The average molecular weight is 454 g/mol. The number of nitrogens with one attached hydrogen (secondary N) is 3. The number of benzene rings is 2. The van der Waals surface area contributed by atoms with Crippen molar-refractivity contribution in [3.05, 3.63) is 59.2 Å². The number of hydrogen-bond donors (Lipinski definition) is 3. The van der Waals surface area contributed by atoms with Crippen LogP contribution in [-0.2, 0) is 11.2 Å². The highest BCUT2D eigenvalue weighted by Crippen LogP contribution is 2.33. The second-order valence-corrected chi connectivity index (χ2v) is 7.37. The molecule has 1 aliphatic heterocycles. The Hall–Kier alpha value is -4.42. The summed E-state index contributed by atoms with van der Waals surface area (Å²) in [6.07, 6.45) is -0.224. The Labute approximate surface area is 184 Å². The molecule has 5 rings (SSSR count). The fourth-order valence-corrected chi connectivity index (χ4v) is 3.51. The van der Waals surface area contributed by atoms with Gasteiger partial charge in [-0.1, -0.05) is 11.3 Å². The molecule has 3 N–H and O–H groups in total. The molecule has 33 heavy (non-hydrogen) atoms. The molecule has 0 aliphatic carbocycles. The van der Waals surface area contributed by atoms with Crippen molar-refractivity contribution in [3.8, 4) is 5.75 Å². The number of likely N-dealkylation sites (N-methyl/N-ethyl adjacent to an activating group) is 1. The number of hydrogen-bond acceptors (Lipinski definition) is 7. The zero-order valence-electron chi connectivity index (χ0n) is 17.1. The summed E-state index contributed by atoms with van der Waals surface area (Å²) in [6, 6.07) is 5.81. The molecule has 0 fully saturated rings. The highest BCUT2D eigenvalue weighted by molar-refractivity contribution is 6.03. The molecule has 1 atom stereocenters. The first-order valence-corrected chi connectivity index (χ1v) is 9.81. The summed E-state index contributed by atoms with van der Waals surface area (Å²) >= 11 is 0. The fraction of sp³-hybridized carbons (Fsp3) is 0.200. The van der Waals surface area contributed by atoms with Crippen molar-refractivity contribution in [2.75, 3.05) is 18.6 Å². The first-order valence-electron chi connectivity index (χ1n) is 9.81. The molecule has 0 saturated heterocycles. The van der Waals surface area contributed by atoms with Crippen LogP contribution in [0.1, 0.15) is 22.0 Å². The van der Waals surface area contributed by atoms with Crippen LogP contribution in [0.5, 0.6) is 5.75 Å². The lowest BCUT2D eigenvalue weighted by molar-refractivity contribution is -0.120. The smallest absolute Gasteiger partial charge is 0.291 e. The third-order valence-electron chi connectivity index (χ3n) is 5.25.